The number of piperazine rings is 1. The first-order valence-corrected chi connectivity index (χ1v) is 7.62. The fourth-order valence-electron chi connectivity index (χ4n) is 3.21. The minimum Gasteiger partial charge on any atom is -0.465 e. The van der Waals surface area contributed by atoms with Crippen molar-refractivity contribution >= 4 is 6.09 Å². The minimum absolute atomic E-state index is 0.207. The van der Waals surface area contributed by atoms with Crippen LogP contribution < -0.4 is 5.32 Å². The Hall–Kier alpha value is -1.59. The Labute approximate surface area is 124 Å². The van der Waals surface area contributed by atoms with Crippen LogP contribution in [0.5, 0.6) is 0 Å². The van der Waals surface area contributed by atoms with Gasteiger partial charge in [0.2, 0.25) is 0 Å². The number of amides is 1. The lowest BCUT2D eigenvalue weighted by Gasteiger charge is -2.32. The molecule has 1 heterocycles. The van der Waals surface area contributed by atoms with E-state index in [0.717, 1.165) is 25.8 Å². The lowest BCUT2D eigenvalue weighted by molar-refractivity contribution is 0.0487. The van der Waals surface area contributed by atoms with Gasteiger partial charge in [-0.3, -0.25) is 0 Å². The molecule has 0 saturated carbocycles. The molecule has 1 atom stereocenters. The molecule has 5 heteroatoms. The van der Waals surface area contributed by atoms with Crippen molar-refractivity contribution in [2.75, 3.05) is 26.2 Å². The second-order valence-corrected chi connectivity index (χ2v) is 5.84. The van der Waals surface area contributed by atoms with Gasteiger partial charge in [-0.1, -0.05) is 24.3 Å². The number of fused-ring (bicyclic) bond motifs is 1. The van der Waals surface area contributed by atoms with Gasteiger partial charge in [0.1, 0.15) is 0 Å². The first-order chi connectivity index (χ1) is 10.2. The Kier molecular flexibility index (Phi) is 4.41. The molecule has 0 aromatic heterocycles. The van der Waals surface area contributed by atoms with E-state index in [-0.39, 0.29) is 12.1 Å². The molecular formula is C16H22N2O3. The molecule has 0 bridgehead atoms. The zero-order valence-corrected chi connectivity index (χ0v) is 12.1. The molecule has 21 heavy (non-hydrogen) atoms. The predicted molar refractivity (Wildman–Crippen MR) is 79.6 cm³/mol. The quantitative estimate of drug-likeness (QED) is 0.882. The predicted octanol–water partition coefficient (Wildman–Crippen LogP) is 1.51. The Balaban J connectivity index is 1.40. The standard InChI is InChI=1S/C16H22N2O3/c19-16(20)18-7-6-17-14(11-18)5-8-21-15-9-12-3-1-2-4-13(12)10-15/h1-4,14-15,17H,5-11H2,(H,19,20)/t14-/m1/s1. The maximum Gasteiger partial charge on any atom is 0.407 e. The Morgan fingerprint density at radius 2 is 2.05 bits per heavy atom. The van der Waals surface area contributed by atoms with Crippen molar-refractivity contribution in [3.8, 4) is 0 Å². The fraction of sp³-hybridized carbons (Fsp3) is 0.562. The second kappa shape index (κ2) is 6.45. The van der Waals surface area contributed by atoms with Crippen molar-refractivity contribution in [2.24, 2.45) is 0 Å². The van der Waals surface area contributed by atoms with Gasteiger partial charge in [0, 0.05) is 32.3 Å². The molecular weight excluding hydrogens is 268 g/mol. The van der Waals surface area contributed by atoms with Gasteiger partial charge in [-0.05, 0) is 30.4 Å². The normalized spacial score (nSPS) is 22.3. The number of nitrogens with zero attached hydrogens (tertiary/aromatic N) is 1. The van der Waals surface area contributed by atoms with Gasteiger partial charge in [0.25, 0.3) is 0 Å². The smallest absolute Gasteiger partial charge is 0.407 e. The molecule has 1 aliphatic heterocycles. The molecule has 114 valence electrons. The summed E-state index contributed by atoms with van der Waals surface area (Å²) in [7, 11) is 0. The summed E-state index contributed by atoms with van der Waals surface area (Å²) in [6, 6.07) is 8.71. The van der Waals surface area contributed by atoms with E-state index in [1.165, 1.54) is 16.0 Å². The average Bonchev–Trinajstić information content (AvgIpc) is 2.90. The molecule has 2 N–H and O–H groups in total. The summed E-state index contributed by atoms with van der Waals surface area (Å²) >= 11 is 0. The van der Waals surface area contributed by atoms with E-state index < -0.39 is 6.09 Å². The van der Waals surface area contributed by atoms with Gasteiger partial charge in [0.15, 0.2) is 0 Å². The van der Waals surface area contributed by atoms with E-state index in [9.17, 15) is 4.79 Å². The van der Waals surface area contributed by atoms with Crippen molar-refractivity contribution in [2.45, 2.75) is 31.4 Å². The summed E-state index contributed by atoms with van der Waals surface area (Å²) < 4.78 is 5.98. The molecule has 1 fully saturated rings. The van der Waals surface area contributed by atoms with Crippen molar-refractivity contribution in [1.29, 1.82) is 0 Å². The molecule has 3 rings (SSSR count). The van der Waals surface area contributed by atoms with Gasteiger partial charge in [-0.2, -0.15) is 0 Å². The van der Waals surface area contributed by atoms with E-state index in [1.807, 2.05) is 0 Å². The van der Waals surface area contributed by atoms with Gasteiger partial charge in [-0.25, -0.2) is 4.79 Å². The van der Waals surface area contributed by atoms with Crippen LogP contribution in [0.4, 0.5) is 4.79 Å². The number of carbonyl (C=O) groups is 1. The lowest BCUT2D eigenvalue weighted by atomic mass is 10.1. The molecule has 1 saturated heterocycles. The summed E-state index contributed by atoms with van der Waals surface area (Å²) in [5.74, 6) is 0. The van der Waals surface area contributed by atoms with E-state index in [4.69, 9.17) is 9.84 Å². The second-order valence-electron chi connectivity index (χ2n) is 5.84. The highest BCUT2D eigenvalue weighted by Crippen LogP contribution is 2.23. The van der Waals surface area contributed by atoms with Crippen molar-refractivity contribution in [3.05, 3.63) is 35.4 Å². The molecule has 0 radical (unpaired) electrons. The molecule has 2 aliphatic rings. The third kappa shape index (κ3) is 3.54. The highest BCUT2D eigenvalue weighted by molar-refractivity contribution is 5.65. The highest BCUT2D eigenvalue weighted by Gasteiger charge is 2.24. The third-order valence-corrected chi connectivity index (χ3v) is 4.36. The number of benzene rings is 1. The molecule has 0 spiro atoms. The van der Waals surface area contributed by atoms with Crippen molar-refractivity contribution in [1.82, 2.24) is 10.2 Å². The van der Waals surface area contributed by atoms with Gasteiger partial charge < -0.3 is 20.1 Å². The maximum atomic E-state index is 11.0. The molecule has 1 amide bonds. The topological polar surface area (TPSA) is 61.8 Å². The Morgan fingerprint density at radius 1 is 1.33 bits per heavy atom. The first-order valence-electron chi connectivity index (χ1n) is 7.62. The molecule has 5 nitrogen and oxygen atoms in total. The van der Waals surface area contributed by atoms with Gasteiger partial charge in [0.05, 0.1) is 6.10 Å². The number of hydrogen-bond donors (Lipinski definition) is 2. The molecule has 0 unspecified atom stereocenters. The number of nitrogens with one attached hydrogen (secondary N) is 1. The summed E-state index contributed by atoms with van der Waals surface area (Å²) in [6.45, 7) is 2.55. The van der Waals surface area contributed by atoms with Gasteiger partial charge in [-0.15, -0.1) is 0 Å². The van der Waals surface area contributed by atoms with Crippen molar-refractivity contribution < 1.29 is 14.6 Å². The maximum absolute atomic E-state index is 11.0. The fourth-order valence-corrected chi connectivity index (χ4v) is 3.21. The highest BCUT2D eigenvalue weighted by atomic mass is 16.5. The van der Waals surface area contributed by atoms with Crippen LogP contribution in [0.25, 0.3) is 0 Å². The van der Waals surface area contributed by atoms with E-state index in [2.05, 4.69) is 29.6 Å². The van der Waals surface area contributed by atoms with Crippen molar-refractivity contribution in [3.63, 3.8) is 0 Å². The summed E-state index contributed by atoms with van der Waals surface area (Å²) in [5, 5.41) is 12.4. The van der Waals surface area contributed by atoms with Crippen LogP contribution in [0.1, 0.15) is 17.5 Å². The van der Waals surface area contributed by atoms with E-state index >= 15 is 0 Å². The number of hydrogen-bond acceptors (Lipinski definition) is 3. The molecule has 1 aromatic rings. The number of carboxylic acid groups (broad SMARTS) is 1. The Morgan fingerprint density at radius 3 is 2.71 bits per heavy atom. The Bertz CT molecular complexity index is 481. The summed E-state index contributed by atoms with van der Waals surface area (Å²) in [6.07, 6.45) is 2.30. The largest absolute Gasteiger partial charge is 0.465 e. The molecule has 1 aromatic carbocycles. The van der Waals surface area contributed by atoms with Crippen LogP contribution in [-0.4, -0.2) is 54.5 Å². The van der Waals surface area contributed by atoms with Crippen LogP contribution in [-0.2, 0) is 17.6 Å². The average molecular weight is 290 g/mol. The van der Waals surface area contributed by atoms with Crippen LogP contribution in [0.3, 0.4) is 0 Å². The van der Waals surface area contributed by atoms with Gasteiger partial charge >= 0.3 is 6.09 Å². The van der Waals surface area contributed by atoms with Crippen LogP contribution in [0.2, 0.25) is 0 Å². The number of rotatable bonds is 4. The third-order valence-electron chi connectivity index (χ3n) is 4.36. The van der Waals surface area contributed by atoms with Crippen LogP contribution in [0, 0.1) is 0 Å². The monoisotopic (exact) mass is 290 g/mol. The minimum atomic E-state index is -0.825. The van der Waals surface area contributed by atoms with Crippen LogP contribution in [0.15, 0.2) is 24.3 Å². The number of ether oxygens (including phenoxy) is 1. The lowest BCUT2D eigenvalue weighted by Crippen LogP contribution is -2.52. The zero-order valence-electron chi connectivity index (χ0n) is 12.1. The first kappa shape index (κ1) is 14.4. The molecule has 1 aliphatic carbocycles. The zero-order chi connectivity index (χ0) is 14.7. The van der Waals surface area contributed by atoms with E-state index in [1.54, 1.807) is 0 Å². The SMILES string of the molecule is O=C(O)N1CCN[C@H](CCOC2Cc3ccccc3C2)C1. The summed E-state index contributed by atoms with van der Waals surface area (Å²) in [5.41, 5.74) is 2.80. The van der Waals surface area contributed by atoms with Crippen LogP contribution >= 0.6 is 0 Å². The van der Waals surface area contributed by atoms with E-state index in [0.29, 0.717) is 19.7 Å². The summed E-state index contributed by atoms with van der Waals surface area (Å²) in [4.78, 5) is 12.5.